The normalized spacial score (nSPS) is 11.6. The van der Waals surface area contributed by atoms with Crippen LogP contribution in [0, 0.1) is 0 Å². The van der Waals surface area contributed by atoms with Crippen molar-refractivity contribution < 1.29 is 19.4 Å². The molecular weight excluding hydrogens is 306 g/mol. The number of ether oxygens (including phenoxy) is 1. The molecule has 0 aliphatic carbocycles. The van der Waals surface area contributed by atoms with Crippen LogP contribution in [0.2, 0.25) is 5.02 Å². The van der Waals surface area contributed by atoms with Crippen LogP contribution in [0.3, 0.4) is 0 Å². The van der Waals surface area contributed by atoms with Crippen molar-refractivity contribution in [1.29, 1.82) is 0 Å². The summed E-state index contributed by atoms with van der Waals surface area (Å²) < 4.78 is 6.55. The van der Waals surface area contributed by atoms with E-state index in [1.54, 1.807) is 32.0 Å². The number of hydrogen-bond acceptors (Lipinski definition) is 3. The molecule has 1 aromatic heterocycles. The van der Waals surface area contributed by atoms with Gasteiger partial charge in [0.25, 0.3) is 0 Å². The number of rotatable bonds is 4. The van der Waals surface area contributed by atoms with E-state index in [2.05, 4.69) is 0 Å². The van der Waals surface area contributed by atoms with Crippen LogP contribution in [0.25, 0.3) is 10.9 Å². The highest BCUT2D eigenvalue weighted by atomic mass is 35.5. The van der Waals surface area contributed by atoms with E-state index >= 15 is 0 Å². The summed E-state index contributed by atoms with van der Waals surface area (Å²) in [5, 5.41) is 10.4. The van der Waals surface area contributed by atoms with Gasteiger partial charge in [-0.1, -0.05) is 24.9 Å². The standard InChI is InChI=1S/C16H18ClNO4/c1-4-7-16(2,3)22-15(21)18-12-6-5-11(17)8-10(12)9-13(18)14(19)20/h5-6,8-9H,4,7H2,1-3H3,(H,19,20). The number of aromatic nitrogens is 1. The van der Waals surface area contributed by atoms with Crippen LogP contribution in [-0.2, 0) is 4.74 Å². The lowest BCUT2D eigenvalue weighted by Crippen LogP contribution is -2.31. The third-order valence-corrected chi connectivity index (χ3v) is 3.62. The lowest BCUT2D eigenvalue weighted by molar-refractivity contribution is 0.0324. The van der Waals surface area contributed by atoms with Crippen LogP contribution < -0.4 is 0 Å². The molecule has 0 saturated heterocycles. The van der Waals surface area contributed by atoms with Gasteiger partial charge in [0.05, 0.1) is 5.52 Å². The van der Waals surface area contributed by atoms with Crippen molar-refractivity contribution in [2.24, 2.45) is 0 Å². The van der Waals surface area contributed by atoms with Crippen molar-refractivity contribution in [3.05, 3.63) is 35.0 Å². The molecule has 0 unspecified atom stereocenters. The van der Waals surface area contributed by atoms with Gasteiger partial charge in [-0.3, -0.25) is 0 Å². The Bertz CT molecular complexity index is 733. The molecule has 1 N–H and O–H groups in total. The van der Waals surface area contributed by atoms with Crippen LogP contribution in [0.5, 0.6) is 0 Å². The van der Waals surface area contributed by atoms with Crippen molar-refractivity contribution in [3.8, 4) is 0 Å². The molecule has 5 nitrogen and oxygen atoms in total. The van der Waals surface area contributed by atoms with Gasteiger partial charge >= 0.3 is 12.1 Å². The molecule has 0 spiro atoms. The van der Waals surface area contributed by atoms with E-state index in [1.807, 2.05) is 6.92 Å². The second-order valence-corrected chi connectivity index (χ2v) is 6.19. The number of carbonyl (C=O) groups is 2. The number of fused-ring (bicyclic) bond motifs is 1. The van der Waals surface area contributed by atoms with E-state index in [0.717, 1.165) is 11.0 Å². The summed E-state index contributed by atoms with van der Waals surface area (Å²) in [6, 6.07) is 6.25. The van der Waals surface area contributed by atoms with E-state index in [0.29, 0.717) is 22.3 Å². The van der Waals surface area contributed by atoms with Crippen LogP contribution in [0.1, 0.15) is 44.1 Å². The summed E-state index contributed by atoms with van der Waals surface area (Å²) >= 11 is 5.91. The molecule has 2 aromatic rings. The number of carbonyl (C=O) groups excluding carboxylic acids is 1. The zero-order valence-electron chi connectivity index (χ0n) is 12.7. The molecule has 1 aromatic carbocycles. The predicted molar refractivity (Wildman–Crippen MR) is 84.8 cm³/mol. The number of carboxylic acid groups (broad SMARTS) is 1. The molecule has 0 saturated carbocycles. The third kappa shape index (κ3) is 3.25. The largest absolute Gasteiger partial charge is 0.477 e. The zero-order chi connectivity index (χ0) is 16.5. The molecule has 0 fully saturated rings. The molecule has 0 amide bonds. The second kappa shape index (κ2) is 6.01. The summed E-state index contributed by atoms with van der Waals surface area (Å²) in [7, 11) is 0. The van der Waals surface area contributed by atoms with E-state index < -0.39 is 17.7 Å². The SMILES string of the molecule is CCCC(C)(C)OC(=O)n1c(C(=O)O)cc2cc(Cl)ccc21. The zero-order valence-corrected chi connectivity index (χ0v) is 13.5. The maximum Gasteiger partial charge on any atom is 0.419 e. The molecule has 6 heteroatoms. The number of halogens is 1. The Morgan fingerprint density at radius 2 is 2.00 bits per heavy atom. The molecule has 0 bridgehead atoms. The number of aromatic carboxylic acids is 1. The Kier molecular flexibility index (Phi) is 4.47. The smallest absolute Gasteiger partial charge is 0.419 e. The topological polar surface area (TPSA) is 68.5 Å². The van der Waals surface area contributed by atoms with Crippen molar-refractivity contribution >= 4 is 34.6 Å². The highest BCUT2D eigenvalue weighted by Gasteiger charge is 2.27. The van der Waals surface area contributed by atoms with Gasteiger partial charge in [-0.2, -0.15) is 0 Å². The fourth-order valence-corrected chi connectivity index (χ4v) is 2.66. The number of benzene rings is 1. The van der Waals surface area contributed by atoms with Gasteiger partial charge in [0, 0.05) is 10.4 Å². The van der Waals surface area contributed by atoms with E-state index in [4.69, 9.17) is 16.3 Å². The quantitative estimate of drug-likeness (QED) is 0.895. The second-order valence-electron chi connectivity index (χ2n) is 5.75. The fraction of sp³-hybridized carbons (Fsp3) is 0.375. The highest BCUT2D eigenvalue weighted by Crippen LogP contribution is 2.26. The third-order valence-electron chi connectivity index (χ3n) is 3.38. The minimum Gasteiger partial charge on any atom is -0.477 e. The molecule has 0 aliphatic heterocycles. The Labute approximate surface area is 133 Å². The maximum atomic E-state index is 12.5. The minimum absolute atomic E-state index is 0.144. The van der Waals surface area contributed by atoms with Gasteiger partial charge in [-0.05, 0) is 44.5 Å². The molecular formula is C16H18ClNO4. The van der Waals surface area contributed by atoms with E-state index in [-0.39, 0.29) is 5.69 Å². The molecule has 0 atom stereocenters. The van der Waals surface area contributed by atoms with Gasteiger partial charge in [0.2, 0.25) is 0 Å². The van der Waals surface area contributed by atoms with Crippen LogP contribution in [0.15, 0.2) is 24.3 Å². The molecule has 2 rings (SSSR count). The fourth-order valence-electron chi connectivity index (χ4n) is 2.48. The van der Waals surface area contributed by atoms with Crippen molar-refractivity contribution in [3.63, 3.8) is 0 Å². The Hall–Kier alpha value is -2.01. The molecule has 118 valence electrons. The van der Waals surface area contributed by atoms with Crippen molar-refractivity contribution in [2.75, 3.05) is 0 Å². The number of nitrogens with zero attached hydrogens (tertiary/aromatic N) is 1. The number of carboxylic acids is 1. The van der Waals surface area contributed by atoms with Crippen LogP contribution in [0.4, 0.5) is 4.79 Å². The summed E-state index contributed by atoms with van der Waals surface area (Å²) in [6.45, 7) is 5.60. The van der Waals surface area contributed by atoms with Crippen molar-refractivity contribution in [2.45, 2.75) is 39.2 Å². The van der Waals surface area contributed by atoms with E-state index in [9.17, 15) is 14.7 Å². The lowest BCUT2D eigenvalue weighted by atomic mass is 10.0. The van der Waals surface area contributed by atoms with Gasteiger partial charge in [-0.25, -0.2) is 14.2 Å². The lowest BCUT2D eigenvalue weighted by Gasteiger charge is -2.25. The average molecular weight is 324 g/mol. The molecule has 1 heterocycles. The Morgan fingerprint density at radius 1 is 1.32 bits per heavy atom. The monoisotopic (exact) mass is 323 g/mol. The summed E-state index contributed by atoms with van der Waals surface area (Å²) in [5.41, 5.74) is -0.349. The minimum atomic E-state index is -1.20. The molecule has 22 heavy (non-hydrogen) atoms. The first-order chi connectivity index (χ1) is 10.2. The van der Waals surface area contributed by atoms with Gasteiger partial charge in [0.1, 0.15) is 11.3 Å². The van der Waals surface area contributed by atoms with Gasteiger partial charge in [-0.15, -0.1) is 0 Å². The van der Waals surface area contributed by atoms with Crippen molar-refractivity contribution in [1.82, 2.24) is 4.57 Å². The van der Waals surface area contributed by atoms with Crippen LogP contribution >= 0.6 is 11.6 Å². The summed E-state index contributed by atoms with van der Waals surface area (Å²) in [5.74, 6) is -1.20. The van der Waals surface area contributed by atoms with Gasteiger partial charge < -0.3 is 9.84 Å². The molecule has 0 aliphatic rings. The number of hydrogen-bond donors (Lipinski definition) is 1. The predicted octanol–water partition coefficient (Wildman–Crippen LogP) is 4.56. The Morgan fingerprint density at radius 3 is 2.59 bits per heavy atom. The average Bonchev–Trinajstić information content (AvgIpc) is 2.76. The van der Waals surface area contributed by atoms with Crippen LogP contribution in [-0.4, -0.2) is 27.3 Å². The van der Waals surface area contributed by atoms with Gasteiger partial charge in [0.15, 0.2) is 0 Å². The highest BCUT2D eigenvalue weighted by molar-refractivity contribution is 6.31. The summed E-state index contributed by atoms with van der Waals surface area (Å²) in [4.78, 5) is 23.9. The first kappa shape index (κ1) is 16.4. The Balaban J connectivity index is 2.51. The first-order valence-electron chi connectivity index (χ1n) is 7.03. The molecule has 0 radical (unpaired) electrons. The maximum absolute atomic E-state index is 12.5. The first-order valence-corrected chi connectivity index (χ1v) is 7.40. The summed E-state index contributed by atoms with van der Waals surface area (Å²) in [6.07, 6.45) is 0.841. The van der Waals surface area contributed by atoms with E-state index in [1.165, 1.54) is 6.07 Å².